The number of hydrogen-bond acceptors (Lipinski definition) is 2. The maximum Gasteiger partial charge on any atom is 0.241 e. The third-order valence-corrected chi connectivity index (χ3v) is 2.24. The third kappa shape index (κ3) is 1.78. The van der Waals surface area contributed by atoms with Crippen LogP contribution in [-0.4, -0.2) is 30.1 Å². The van der Waals surface area contributed by atoms with E-state index in [2.05, 4.69) is 26.1 Å². The molecule has 1 unspecified atom stereocenters. The van der Waals surface area contributed by atoms with Crippen LogP contribution in [0.5, 0.6) is 0 Å². The van der Waals surface area contributed by atoms with Gasteiger partial charge in [0.1, 0.15) is 0 Å². The van der Waals surface area contributed by atoms with Crippen LogP contribution in [0.15, 0.2) is 0 Å². The number of nitrogens with one attached hydrogen (secondary N) is 1. The van der Waals surface area contributed by atoms with Gasteiger partial charge >= 0.3 is 0 Å². The molecular weight excluding hydrogens is 152 g/mol. The Morgan fingerprint density at radius 2 is 2.33 bits per heavy atom. The molecule has 1 rings (SSSR count). The van der Waals surface area contributed by atoms with E-state index >= 15 is 0 Å². The first-order valence-electron chi connectivity index (χ1n) is 4.69. The van der Waals surface area contributed by atoms with Gasteiger partial charge in [0.25, 0.3) is 0 Å². The van der Waals surface area contributed by atoms with Crippen LogP contribution in [0.1, 0.15) is 27.2 Å². The minimum absolute atomic E-state index is 0.0524. The van der Waals surface area contributed by atoms with Gasteiger partial charge in [-0.3, -0.25) is 10.1 Å². The van der Waals surface area contributed by atoms with Crippen LogP contribution in [0, 0.1) is 5.92 Å². The van der Waals surface area contributed by atoms with Crippen LogP contribution < -0.4 is 5.32 Å². The van der Waals surface area contributed by atoms with E-state index in [0.29, 0.717) is 5.92 Å². The summed E-state index contributed by atoms with van der Waals surface area (Å²) in [4.78, 5) is 13.5. The summed E-state index contributed by atoms with van der Waals surface area (Å²) in [7, 11) is 0. The highest BCUT2D eigenvalue weighted by atomic mass is 16.2. The van der Waals surface area contributed by atoms with E-state index in [1.165, 1.54) is 0 Å². The summed E-state index contributed by atoms with van der Waals surface area (Å²) in [5.41, 5.74) is 0. The monoisotopic (exact) mass is 170 g/mol. The van der Waals surface area contributed by atoms with E-state index in [-0.39, 0.29) is 11.9 Å². The molecule has 1 atom stereocenters. The lowest BCUT2D eigenvalue weighted by molar-refractivity contribution is -0.129. The van der Waals surface area contributed by atoms with Gasteiger partial charge in [-0.25, -0.2) is 0 Å². The van der Waals surface area contributed by atoms with Crippen LogP contribution in [0.4, 0.5) is 0 Å². The normalized spacial score (nSPS) is 24.2. The van der Waals surface area contributed by atoms with E-state index in [1.807, 2.05) is 4.90 Å². The van der Waals surface area contributed by atoms with Gasteiger partial charge in [-0.1, -0.05) is 20.8 Å². The van der Waals surface area contributed by atoms with Crippen molar-refractivity contribution in [1.82, 2.24) is 10.2 Å². The van der Waals surface area contributed by atoms with Gasteiger partial charge < -0.3 is 4.90 Å². The summed E-state index contributed by atoms with van der Waals surface area (Å²) < 4.78 is 0. The van der Waals surface area contributed by atoms with Gasteiger partial charge in [-0.15, -0.1) is 0 Å². The molecule has 1 saturated heterocycles. The van der Waals surface area contributed by atoms with Gasteiger partial charge in [0.15, 0.2) is 0 Å². The van der Waals surface area contributed by atoms with E-state index in [1.54, 1.807) is 0 Å². The standard InChI is InChI=1S/C9H18N2O/c1-4-5-11-6-10-8(7(2)3)9(11)12/h7-8,10H,4-6H2,1-3H3. The largest absolute Gasteiger partial charge is 0.329 e. The Hall–Kier alpha value is -0.570. The summed E-state index contributed by atoms with van der Waals surface area (Å²) in [6.07, 6.45) is 1.04. The van der Waals surface area contributed by atoms with E-state index < -0.39 is 0 Å². The molecule has 1 fully saturated rings. The molecule has 1 aliphatic heterocycles. The average molecular weight is 170 g/mol. The molecule has 3 nitrogen and oxygen atoms in total. The van der Waals surface area contributed by atoms with Crippen molar-refractivity contribution >= 4 is 5.91 Å². The molecule has 0 aromatic carbocycles. The zero-order chi connectivity index (χ0) is 9.14. The number of rotatable bonds is 3. The molecule has 0 spiro atoms. The van der Waals surface area contributed by atoms with Gasteiger partial charge in [0.05, 0.1) is 12.7 Å². The summed E-state index contributed by atoms with van der Waals surface area (Å²) >= 11 is 0. The zero-order valence-corrected chi connectivity index (χ0v) is 8.13. The molecule has 70 valence electrons. The second-order valence-electron chi connectivity index (χ2n) is 3.69. The minimum atomic E-state index is 0.0524. The van der Waals surface area contributed by atoms with E-state index in [9.17, 15) is 4.79 Å². The lowest BCUT2D eigenvalue weighted by Crippen LogP contribution is -2.34. The van der Waals surface area contributed by atoms with E-state index in [4.69, 9.17) is 0 Å². The fraction of sp³-hybridized carbons (Fsp3) is 0.889. The first-order valence-corrected chi connectivity index (χ1v) is 4.69. The number of nitrogens with zero attached hydrogens (tertiary/aromatic N) is 1. The molecule has 0 saturated carbocycles. The Labute approximate surface area is 74.1 Å². The van der Waals surface area contributed by atoms with Gasteiger partial charge in [-0.05, 0) is 12.3 Å². The number of carbonyl (C=O) groups excluding carboxylic acids is 1. The highest BCUT2D eigenvalue weighted by molar-refractivity contribution is 5.83. The lowest BCUT2D eigenvalue weighted by atomic mass is 10.1. The Morgan fingerprint density at radius 3 is 2.75 bits per heavy atom. The SMILES string of the molecule is CCCN1CNC(C(C)C)C1=O. The van der Waals surface area contributed by atoms with Crippen molar-refractivity contribution in [2.45, 2.75) is 33.2 Å². The molecule has 1 amide bonds. The second-order valence-corrected chi connectivity index (χ2v) is 3.69. The molecule has 1 N–H and O–H groups in total. The smallest absolute Gasteiger partial charge is 0.241 e. The average Bonchev–Trinajstić information content (AvgIpc) is 2.34. The van der Waals surface area contributed by atoms with Crippen LogP contribution in [-0.2, 0) is 4.79 Å². The van der Waals surface area contributed by atoms with Crippen molar-refractivity contribution in [3.63, 3.8) is 0 Å². The Morgan fingerprint density at radius 1 is 1.67 bits per heavy atom. The summed E-state index contributed by atoms with van der Waals surface area (Å²) in [5, 5.41) is 3.22. The van der Waals surface area contributed by atoms with Gasteiger partial charge in [0.2, 0.25) is 5.91 Å². The van der Waals surface area contributed by atoms with Crippen LogP contribution in [0.3, 0.4) is 0 Å². The Balaban J connectivity index is 2.49. The molecular formula is C9H18N2O. The predicted octanol–water partition coefficient (Wildman–Crippen LogP) is 0.810. The second kappa shape index (κ2) is 3.90. The minimum Gasteiger partial charge on any atom is -0.329 e. The number of carbonyl (C=O) groups is 1. The number of hydrogen-bond donors (Lipinski definition) is 1. The third-order valence-electron chi connectivity index (χ3n) is 2.24. The summed E-state index contributed by atoms with van der Waals surface area (Å²) in [6, 6.07) is 0.0524. The van der Waals surface area contributed by atoms with Crippen LogP contribution in [0.2, 0.25) is 0 Å². The van der Waals surface area contributed by atoms with Gasteiger partial charge in [0, 0.05) is 6.54 Å². The van der Waals surface area contributed by atoms with Gasteiger partial charge in [-0.2, -0.15) is 0 Å². The zero-order valence-electron chi connectivity index (χ0n) is 8.13. The Bertz CT molecular complexity index is 168. The molecule has 0 radical (unpaired) electrons. The highest BCUT2D eigenvalue weighted by Crippen LogP contribution is 2.11. The van der Waals surface area contributed by atoms with E-state index in [0.717, 1.165) is 19.6 Å². The van der Waals surface area contributed by atoms with Crippen molar-refractivity contribution < 1.29 is 4.79 Å². The molecule has 0 aliphatic carbocycles. The van der Waals surface area contributed by atoms with Crippen LogP contribution in [0.25, 0.3) is 0 Å². The molecule has 12 heavy (non-hydrogen) atoms. The van der Waals surface area contributed by atoms with Crippen molar-refractivity contribution in [3.8, 4) is 0 Å². The first-order chi connectivity index (χ1) is 5.66. The fourth-order valence-electron chi connectivity index (χ4n) is 1.55. The maximum absolute atomic E-state index is 11.6. The maximum atomic E-state index is 11.6. The molecule has 0 aromatic rings. The predicted molar refractivity (Wildman–Crippen MR) is 48.6 cm³/mol. The molecule has 1 aliphatic rings. The topological polar surface area (TPSA) is 32.3 Å². The van der Waals surface area contributed by atoms with Crippen molar-refractivity contribution in [2.24, 2.45) is 5.92 Å². The lowest BCUT2D eigenvalue weighted by Gasteiger charge is -2.15. The quantitative estimate of drug-likeness (QED) is 0.680. The van der Waals surface area contributed by atoms with Crippen molar-refractivity contribution in [2.75, 3.05) is 13.2 Å². The van der Waals surface area contributed by atoms with Crippen LogP contribution >= 0.6 is 0 Å². The fourth-order valence-corrected chi connectivity index (χ4v) is 1.55. The van der Waals surface area contributed by atoms with Crippen molar-refractivity contribution in [1.29, 1.82) is 0 Å². The summed E-state index contributed by atoms with van der Waals surface area (Å²) in [6.45, 7) is 7.86. The molecule has 0 bridgehead atoms. The highest BCUT2D eigenvalue weighted by Gasteiger charge is 2.32. The number of amides is 1. The molecule has 3 heteroatoms. The molecule has 0 aromatic heterocycles. The Kier molecular flexibility index (Phi) is 3.09. The first kappa shape index (κ1) is 9.52. The molecule has 1 heterocycles. The van der Waals surface area contributed by atoms with Crippen molar-refractivity contribution in [3.05, 3.63) is 0 Å². The summed E-state index contributed by atoms with van der Waals surface area (Å²) in [5.74, 6) is 0.672.